The molecule has 22 heavy (non-hydrogen) atoms. The number of amides is 1. The average molecular weight is 329 g/mol. The molecule has 0 radical (unpaired) electrons. The molecule has 118 valence electrons. The molecule has 0 unspecified atom stereocenters. The number of hydrogen-bond donors (Lipinski definition) is 1. The van der Waals surface area contributed by atoms with Crippen LogP contribution in [0.15, 0.2) is 41.8 Å². The average Bonchev–Trinajstić information content (AvgIpc) is 2.99. The van der Waals surface area contributed by atoms with Crippen LogP contribution in [0.4, 0.5) is 18.9 Å². The Labute approximate surface area is 129 Å². The van der Waals surface area contributed by atoms with E-state index >= 15 is 0 Å². The Hall–Kier alpha value is -1.96. The molecule has 0 spiro atoms. The van der Waals surface area contributed by atoms with Crippen molar-refractivity contribution in [1.82, 2.24) is 9.55 Å². The van der Waals surface area contributed by atoms with Crippen LogP contribution < -0.4 is 5.32 Å². The molecule has 1 N–H and O–H groups in total. The quantitative estimate of drug-likeness (QED) is 0.824. The summed E-state index contributed by atoms with van der Waals surface area (Å²) in [5, 5.41) is 2.57. The van der Waals surface area contributed by atoms with Gasteiger partial charge in [-0.2, -0.15) is 0 Å². The van der Waals surface area contributed by atoms with Gasteiger partial charge in [0.1, 0.15) is 11.9 Å². The summed E-state index contributed by atoms with van der Waals surface area (Å²) in [4.78, 5) is 16.4. The second kappa shape index (κ2) is 7.35. The van der Waals surface area contributed by atoms with Crippen LogP contribution in [0, 0.1) is 5.82 Å². The molecular formula is C14H14F3N3OS. The first-order valence-electron chi connectivity index (χ1n) is 6.46. The monoisotopic (exact) mass is 329 g/mol. The number of halogens is 3. The van der Waals surface area contributed by atoms with E-state index in [4.69, 9.17) is 0 Å². The Kier molecular flexibility index (Phi) is 5.48. The van der Waals surface area contributed by atoms with E-state index in [9.17, 15) is 18.0 Å². The van der Waals surface area contributed by atoms with E-state index in [0.717, 1.165) is 17.8 Å². The second-order valence-corrected chi connectivity index (χ2v) is 5.58. The van der Waals surface area contributed by atoms with Crippen molar-refractivity contribution in [2.75, 3.05) is 11.1 Å². The van der Waals surface area contributed by atoms with Crippen molar-refractivity contribution in [2.45, 2.75) is 24.3 Å². The zero-order chi connectivity index (χ0) is 16.1. The van der Waals surface area contributed by atoms with Gasteiger partial charge in [-0.25, -0.2) is 18.2 Å². The van der Waals surface area contributed by atoms with E-state index in [2.05, 4.69) is 10.3 Å². The lowest BCUT2D eigenvalue weighted by molar-refractivity contribution is -0.118. The normalized spacial score (nSPS) is 12.4. The summed E-state index contributed by atoms with van der Waals surface area (Å²) >= 11 is 0.864. The molecule has 0 aliphatic carbocycles. The third-order valence-corrected chi connectivity index (χ3v) is 4.00. The fraction of sp³-hybridized carbons (Fsp3) is 0.286. The molecule has 4 nitrogen and oxygen atoms in total. The van der Waals surface area contributed by atoms with Crippen molar-refractivity contribution in [3.8, 4) is 0 Å². The smallest absolute Gasteiger partial charge is 0.247 e. The van der Waals surface area contributed by atoms with Gasteiger partial charge in [-0.15, -0.1) is 11.8 Å². The van der Waals surface area contributed by atoms with E-state index in [0.29, 0.717) is 4.90 Å². The van der Waals surface area contributed by atoms with Crippen LogP contribution in [-0.4, -0.2) is 27.6 Å². The van der Waals surface area contributed by atoms with Gasteiger partial charge in [0.25, 0.3) is 0 Å². The molecule has 0 aliphatic heterocycles. The van der Waals surface area contributed by atoms with Gasteiger partial charge < -0.3 is 9.88 Å². The van der Waals surface area contributed by atoms with Gasteiger partial charge in [0.05, 0.1) is 17.8 Å². The fourth-order valence-corrected chi connectivity index (χ4v) is 2.48. The first kappa shape index (κ1) is 16.4. The highest BCUT2D eigenvalue weighted by molar-refractivity contribution is 7.99. The number of aromatic nitrogens is 2. The largest absolute Gasteiger partial charge is 0.325 e. The minimum absolute atomic E-state index is 0.183. The van der Waals surface area contributed by atoms with Crippen LogP contribution in [0.1, 0.15) is 13.0 Å². The van der Waals surface area contributed by atoms with E-state index in [1.54, 1.807) is 17.7 Å². The summed E-state index contributed by atoms with van der Waals surface area (Å²) in [5.74, 6) is -1.36. The third-order valence-electron chi connectivity index (χ3n) is 2.92. The van der Waals surface area contributed by atoms with Crippen molar-refractivity contribution in [1.29, 1.82) is 0 Å². The Bertz CT molecular complexity index is 634. The van der Waals surface area contributed by atoms with Gasteiger partial charge >= 0.3 is 0 Å². The van der Waals surface area contributed by atoms with Crippen LogP contribution in [0.25, 0.3) is 0 Å². The summed E-state index contributed by atoms with van der Waals surface area (Å²) in [6.45, 7) is 1.66. The predicted molar refractivity (Wildman–Crippen MR) is 78.7 cm³/mol. The second-order valence-electron chi connectivity index (χ2n) is 4.52. The van der Waals surface area contributed by atoms with Crippen LogP contribution in [0.2, 0.25) is 0 Å². The van der Waals surface area contributed by atoms with Gasteiger partial charge in [0, 0.05) is 17.3 Å². The molecule has 0 saturated carbocycles. The van der Waals surface area contributed by atoms with Crippen molar-refractivity contribution < 1.29 is 18.0 Å². The summed E-state index contributed by atoms with van der Waals surface area (Å²) in [5.41, 5.74) is 0.183. The van der Waals surface area contributed by atoms with Crippen molar-refractivity contribution in [3.05, 3.63) is 42.7 Å². The van der Waals surface area contributed by atoms with Gasteiger partial charge in [-0.1, -0.05) is 0 Å². The number of rotatable bonds is 6. The first-order chi connectivity index (χ1) is 10.5. The maximum absolute atomic E-state index is 13.3. The van der Waals surface area contributed by atoms with Gasteiger partial charge in [0.2, 0.25) is 12.3 Å². The number of imidazole rings is 1. The fourth-order valence-electron chi connectivity index (χ4n) is 1.75. The summed E-state index contributed by atoms with van der Waals surface area (Å²) in [6, 6.07) is 3.10. The lowest BCUT2D eigenvalue weighted by Crippen LogP contribution is -2.23. The number of benzene rings is 1. The van der Waals surface area contributed by atoms with E-state index in [1.165, 1.54) is 24.7 Å². The van der Waals surface area contributed by atoms with E-state index in [1.807, 2.05) is 0 Å². The molecule has 0 aliphatic rings. The van der Waals surface area contributed by atoms with Gasteiger partial charge in [-0.3, -0.25) is 4.79 Å². The molecule has 0 saturated heterocycles. The number of carbonyl (C=O) groups excluding carboxylic acids is 1. The maximum atomic E-state index is 13.3. The number of nitrogens with zero attached hydrogens (tertiary/aromatic N) is 2. The SMILES string of the molecule is C[C@@H](C(=O)Nc1cc(F)ccc1SCC(F)F)n1ccnc1. The number of thioether (sulfide) groups is 1. The molecule has 2 aromatic rings. The van der Waals surface area contributed by atoms with E-state index < -0.39 is 24.0 Å². The third kappa shape index (κ3) is 4.27. The zero-order valence-corrected chi connectivity index (χ0v) is 12.5. The minimum Gasteiger partial charge on any atom is -0.325 e. The molecule has 1 atom stereocenters. The molecule has 1 amide bonds. The molecule has 1 aromatic heterocycles. The number of anilines is 1. The standard InChI is InChI=1S/C14H14F3N3OS/c1-9(20-5-4-18-8-20)14(21)19-11-6-10(15)2-3-12(11)22-7-13(16)17/h2-6,8-9,13H,7H2,1H3,(H,19,21)/t9-/m0/s1. The number of alkyl halides is 2. The van der Waals surface area contributed by atoms with Crippen molar-refractivity contribution in [3.63, 3.8) is 0 Å². The molecule has 0 fully saturated rings. The molecule has 1 aromatic carbocycles. The summed E-state index contributed by atoms with van der Waals surface area (Å²) in [7, 11) is 0. The number of nitrogens with one attached hydrogen (secondary N) is 1. The molecule has 2 rings (SSSR count). The topological polar surface area (TPSA) is 46.9 Å². The van der Waals surface area contributed by atoms with Gasteiger partial charge in [-0.05, 0) is 25.1 Å². The summed E-state index contributed by atoms with van der Waals surface area (Å²) < 4.78 is 39.6. The first-order valence-corrected chi connectivity index (χ1v) is 7.44. The lowest BCUT2D eigenvalue weighted by atomic mass is 10.2. The van der Waals surface area contributed by atoms with Crippen LogP contribution in [0.5, 0.6) is 0 Å². The molecule has 1 heterocycles. The highest BCUT2D eigenvalue weighted by atomic mass is 32.2. The molecular weight excluding hydrogens is 315 g/mol. The Morgan fingerprint density at radius 2 is 2.23 bits per heavy atom. The van der Waals surface area contributed by atoms with Crippen molar-refractivity contribution >= 4 is 23.4 Å². The van der Waals surface area contributed by atoms with Crippen LogP contribution >= 0.6 is 11.8 Å². The Balaban J connectivity index is 2.13. The maximum Gasteiger partial charge on any atom is 0.247 e. The minimum atomic E-state index is -2.48. The van der Waals surface area contributed by atoms with Gasteiger partial charge in [0.15, 0.2) is 0 Å². The Morgan fingerprint density at radius 3 is 2.86 bits per heavy atom. The van der Waals surface area contributed by atoms with Crippen molar-refractivity contribution in [2.24, 2.45) is 0 Å². The predicted octanol–water partition coefficient (Wildman–Crippen LogP) is 3.58. The van der Waals surface area contributed by atoms with Crippen LogP contribution in [-0.2, 0) is 4.79 Å². The van der Waals surface area contributed by atoms with Crippen LogP contribution in [0.3, 0.4) is 0 Å². The zero-order valence-electron chi connectivity index (χ0n) is 11.7. The summed E-state index contributed by atoms with van der Waals surface area (Å²) in [6.07, 6.45) is 2.17. The number of carbonyl (C=O) groups is 1. The highest BCUT2D eigenvalue weighted by Gasteiger charge is 2.17. The molecule has 0 bridgehead atoms. The Morgan fingerprint density at radius 1 is 1.45 bits per heavy atom. The lowest BCUT2D eigenvalue weighted by Gasteiger charge is -2.15. The highest BCUT2D eigenvalue weighted by Crippen LogP contribution is 2.29. The van der Waals surface area contributed by atoms with E-state index in [-0.39, 0.29) is 11.6 Å². The molecule has 8 heteroatoms. The number of hydrogen-bond acceptors (Lipinski definition) is 3.